The summed E-state index contributed by atoms with van der Waals surface area (Å²) in [5, 5.41) is 10.4. The van der Waals surface area contributed by atoms with Crippen molar-refractivity contribution in [2.75, 3.05) is 7.11 Å². The van der Waals surface area contributed by atoms with Crippen LogP contribution in [-0.4, -0.2) is 35.2 Å². The summed E-state index contributed by atoms with van der Waals surface area (Å²) >= 11 is 0. The highest BCUT2D eigenvalue weighted by Crippen LogP contribution is 2.34. The fourth-order valence-corrected chi connectivity index (χ4v) is 2.17. The summed E-state index contributed by atoms with van der Waals surface area (Å²) in [5.41, 5.74) is -1.98. The summed E-state index contributed by atoms with van der Waals surface area (Å²) in [6.45, 7) is 5.05. The maximum Gasteiger partial charge on any atom is 0.347 e. The molecule has 0 bridgehead atoms. The molecular weight excluding hydrogens is 260 g/mol. The molecule has 1 aliphatic carbocycles. The third-order valence-electron chi connectivity index (χ3n) is 3.12. The largest absolute Gasteiger partial charge is 0.497 e. The fourth-order valence-electron chi connectivity index (χ4n) is 2.17. The summed E-state index contributed by atoms with van der Waals surface area (Å²) in [6, 6.07) is 4.83. The number of ether oxygens (including phenoxy) is 2. The van der Waals surface area contributed by atoms with Gasteiger partial charge in [0.2, 0.25) is 11.4 Å². The van der Waals surface area contributed by atoms with E-state index >= 15 is 0 Å². The molecule has 0 saturated carbocycles. The highest BCUT2D eigenvalue weighted by atomic mass is 16.6. The first kappa shape index (κ1) is 14.5. The zero-order chi connectivity index (χ0) is 15.1. The quantitative estimate of drug-likeness (QED) is 0.655. The Hall–Kier alpha value is -1.88. The van der Waals surface area contributed by atoms with Gasteiger partial charge in [-0.25, -0.2) is 4.79 Å². The van der Waals surface area contributed by atoms with E-state index in [1.54, 1.807) is 39.0 Å². The molecule has 0 unspecified atom stereocenters. The van der Waals surface area contributed by atoms with Crippen LogP contribution >= 0.6 is 0 Å². The summed E-state index contributed by atoms with van der Waals surface area (Å²) < 4.78 is 10.2. The van der Waals surface area contributed by atoms with Gasteiger partial charge in [-0.3, -0.25) is 4.79 Å². The number of esters is 1. The van der Waals surface area contributed by atoms with E-state index in [0.717, 1.165) is 0 Å². The van der Waals surface area contributed by atoms with E-state index < -0.39 is 23.0 Å². The molecule has 0 heterocycles. The zero-order valence-electron chi connectivity index (χ0n) is 12.0. The van der Waals surface area contributed by atoms with Gasteiger partial charge in [0.25, 0.3) is 0 Å². The van der Waals surface area contributed by atoms with Crippen molar-refractivity contribution in [3.63, 3.8) is 0 Å². The molecule has 1 aromatic rings. The van der Waals surface area contributed by atoms with Gasteiger partial charge in [-0.2, -0.15) is 0 Å². The number of fused-ring (bicyclic) bond motifs is 1. The van der Waals surface area contributed by atoms with Gasteiger partial charge >= 0.3 is 5.97 Å². The minimum atomic E-state index is -2.14. The third kappa shape index (κ3) is 2.41. The van der Waals surface area contributed by atoms with Crippen LogP contribution in [0.1, 0.15) is 36.7 Å². The van der Waals surface area contributed by atoms with Gasteiger partial charge in [0.05, 0.1) is 7.11 Å². The standard InChI is InChI=1S/C15H18O5/c1-14(2,3)20-13(17)15(18)8-9-7-10(19-4)5-6-11(9)12(15)16/h5-7,18H,8H2,1-4H3/t15-/m0/s1. The van der Waals surface area contributed by atoms with Crippen molar-refractivity contribution in [2.24, 2.45) is 0 Å². The van der Waals surface area contributed by atoms with Crippen molar-refractivity contribution >= 4 is 11.8 Å². The van der Waals surface area contributed by atoms with Crippen LogP contribution in [0.25, 0.3) is 0 Å². The molecule has 1 aromatic carbocycles. The first-order valence-corrected chi connectivity index (χ1v) is 6.35. The van der Waals surface area contributed by atoms with Crippen molar-refractivity contribution in [2.45, 2.75) is 38.4 Å². The first-order chi connectivity index (χ1) is 9.17. The van der Waals surface area contributed by atoms with Crippen LogP contribution in [0.2, 0.25) is 0 Å². The molecule has 0 spiro atoms. The van der Waals surface area contributed by atoms with E-state index in [-0.39, 0.29) is 6.42 Å². The number of rotatable bonds is 2. The number of methoxy groups -OCH3 is 1. The lowest BCUT2D eigenvalue weighted by molar-refractivity contribution is -0.171. The average molecular weight is 278 g/mol. The number of carbonyl (C=O) groups excluding carboxylic acids is 2. The molecule has 0 aliphatic heterocycles. The second-order valence-corrected chi connectivity index (χ2v) is 5.89. The van der Waals surface area contributed by atoms with E-state index in [4.69, 9.17) is 9.47 Å². The molecule has 5 nitrogen and oxygen atoms in total. The van der Waals surface area contributed by atoms with E-state index in [9.17, 15) is 14.7 Å². The van der Waals surface area contributed by atoms with Crippen molar-refractivity contribution in [3.05, 3.63) is 29.3 Å². The van der Waals surface area contributed by atoms with Gasteiger partial charge in [0.1, 0.15) is 11.4 Å². The molecule has 5 heteroatoms. The Bertz CT molecular complexity index is 570. The van der Waals surface area contributed by atoms with E-state index in [1.165, 1.54) is 7.11 Å². The molecule has 1 N–H and O–H groups in total. The lowest BCUT2D eigenvalue weighted by atomic mass is 9.99. The Labute approximate surface area is 117 Å². The Morgan fingerprint density at radius 3 is 2.55 bits per heavy atom. The molecule has 0 fully saturated rings. The summed E-state index contributed by atoms with van der Waals surface area (Å²) in [7, 11) is 1.51. The van der Waals surface area contributed by atoms with Crippen LogP contribution in [0.15, 0.2) is 18.2 Å². The lowest BCUT2D eigenvalue weighted by Gasteiger charge is -2.25. The number of carbonyl (C=O) groups is 2. The molecule has 0 aromatic heterocycles. The third-order valence-corrected chi connectivity index (χ3v) is 3.12. The minimum absolute atomic E-state index is 0.0900. The smallest absolute Gasteiger partial charge is 0.347 e. The Morgan fingerprint density at radius 2 is 2.00 bits per heavy atom. The van der Waals surface area contributed by atoms with Crippen molar-refractivity contribution < 1.29 is 24.2 Å². The van der Waals surface area contributed by atoms with E-state index in [0.29, 0.717) is 16.9 Å². The minimum Gasteiger partial charge on any atom is -0.497 e. The Balaban J connectivity index is 2.33. The zero-order valence-corrected chi connectivity index (χ0v) is 12.0. The SMILES string of the molecule is COc1ccc2c(c1)C[C@@](O)(C(=O)OC(C)(C)C)C2=O. The number of hydrogen-bond acceptors (Lipinski definition) is 5. The van der Waals surface area contributed by atoms with Crippen LogP contribution in [-0.2, 0) is 16.0 Å². The van der Waals surface area contributed by atoms with Gasteiger partial charge in [-0.1, -0.05) is 0 Å². The Morgan fingerprint density at radius 1 is 1.35 bits per heavy atom. The molecule has 2 rings (SSSR count). The monoisotopic (exact) mass is 278 g/mol. The van der Waals surface area contributed by atoms with Crippen LogP contribution in [0.3, 0.4) is 0 Å². The van der Waals surface area contributed by atoms with Crippen molar-refractivity contribution in [1.82, 2.24) is 0 Å². The van der Waals surface area contributed by atoms with Crippen LogP contribution in [0.5, 0.6) is 5.75 Å². The molecule has 108 valence electrons. The number of hydrogen-bond donors (Lipinski definition) is 1. The Kier molecular flexibility index (Phi) is 3.34. The van der Waals surface area contributed by atoms with Crippen molar-refractivity contribution in [1.29, 1.82) is 0 Å². The number of aliphatic hydroxyl groups is 1. The maximum absolute atomic E-state index is 12.3. The van der Waals surface area contributed by atoms with Crippen LogP contribution in [0, 0.1) is 0 Å². The van der Waals surface area contributed by atoms with Crippen molar-refractivity contribution in [3.8, 4) is 5.75 Å². The molecule has 1 aliphatic rings. The van der Waals surface area contributed by atoms with Crippen LogP contribution in [0.4, 0.5) is 0 Å². The predicted octanol–water partition coefficient (Wildman–Crippen LogP) is 1.51. The van der Waals surface area contributed by atoms with Gasteiger partial charge in [0, 0.05) is 12.0 Å². The highest BCUT2D eigenvalue weighted by Gasteiger charge is 2.52. The fraction of sp³-hybridized carbons (Fsp3) is 0.467. The number of Topliss-reactive ketones (excluding diaryl/α,β-unsaturated/α-hetero) is 1. The van der Waals surface area contributed by atoms with Crippen LogP contribution < -0.4 is 4.74 Å². The van der Waals surface area contributed by atoms with Gasteiger partial charge in [0.15, 0.2) is 0 Å². The lowest BCUT2D eigenvalue weighted by Crippen LogP contribution is -2.48. The van der Waals surface area contributed by atoms with Gasteiger partial charge in [-0.15, -0.1) is 0 Å². The van der Waals surface area contributed by atoms with Gasteiger partial charge in [-0.05, 0) is 44.5 Å². The van der Waals surface area contributed by atoms with E-state index in [1.807, 2.05) is 0 Å². The molecule has 0 saturated heterocycles. The normalized spacial score (nSPS) is 21.6. The molecule has 0 amide bonds. The summed E-state index contributed by atoms with van der Waals surface area (Å²) in [5.74, 6) is -0.959. The second kappa shape index (κ2) is 4.59. The number of ketones is 1. The molecule has 1 atom stereocenters. The summed E-state index contributed by atoms with van der Waals surface area (Å²) in [4.78, 5) is 24.3. The molecule has 20 heavy (non-hydrogen) atoms. The van der Waals surface area contributed by atoms with Gasteiger partial charge < -0.3 is 14.6 Å². The second-order valence-electron chi connectivity index (χ2n) is 5.89. The average Bonchev–Trinajstić information content (AvgIpc) is 2.60. The molecular formula is C15H18O5. The first-order valence-electron chi connectivity index (χ1n) is 6.35. The maximum atomic E-state index is 12.3. The predicted molar refractivity (Wildman–Crippen MR) is 71.8 cm³/mol. The number of benzene rings is 1. The topological polar surface area (TPSA) is 72.8 Å². The highest BCUT2D eigenvalue weighted by molar-refractivity contribution is 6.18. The molecule has 0 radical (unpaired) electrons. The van der Waals surface area contributed by atoms with E-state index in [2.05, 4.69) is 0 Å². The summed E-state index contributed by atoms with van der Waals surface area (Å²) in [6.07, 6.45) is -0.0900.